The molecule has 0 bridgehead atoms. The molecule has 7 nitrogen and oxygen atoms in total. The molecule has 0 atom stereocenters. The number of furan rings is 1. The van der Waals surface area contributed by atoms with E-state index in [4.69, 9.17) is 9.52 Å². The maximum absolute atomic E-state index is 11.7. The third kappa shape index (κ3) is 2.54. The number of carboxylic acid groups (broad SMARTS) is 1. The van der Waals surface area contributed by atoms with Crippen molar-refractivity contribution in [2.75, 3.05) is 5.32 Å². The van der Waals surface area contributed by atoms with E-state index in [1.165, 1.54) is 23.5 Å². The number of nitrogens with one attached hydrogen (secondary N) is 1. The van der Waals surface area contributed by atoms with Gasteiger partial charge in [0.25, 0.3) is 5.91 Å². The molecule has 0 aliphatic carbocycles. The van der Waals surface area contributed by atoms with Crippen molar-refractivity contribution in [2.24, 2.45) is 0 Å². The van der Waals surface area contributed by atoms with Gasteiger partial charge in [0.05, 0.1) is 0 Å². The summed E-state index contributed by atoms with van der Waals surface area (Å²) in [5.74, 6) is -2.15. The number of hydrogen-bond donors (Lipinski definition) is 2. The number of nitrogens with zero attached hydrogens (tertiary/aromatic N) is 2. The van der Waals surface area contributed by atoms with Crippen LogP contribution < -0.4 is 5.32 Å². The largest absolute Gasteiger partial charge is 0.475 e. The van der Waals surface area contributed by atoms with E-state index in [9.17, 15) is 9.59 Å². The first kappa shape index (κ1) is 12.2. The van der Waals surface area contributed by atoms with Crippen LogP contribution in [-0.4, -0.2) is 27.2 Å². The Kier molecular flexibility index (Phi) is 3.38. The molecule has 8 heteroatoms. The monoisotopic (exact) mass is 267 g/mol. The number of rotatable bonds is 4. The Labute approximate surface area is 105 Å². The number of aryl methyl sites for hydroxylation is 1. The molecule has 0 radical (unpaired) electrons. The molecule has 0 aliphatic heterocycles. The van der Waals surface area contributed by atoms with E-state index in [1.807, 2.05) is 6.92 Å². The second-order valence-corrected chi connectivity index (χ2v) is 4.34. The normalized spacial score (nSPS) is 10.3. The predicted molar refractivity (Wildman–Crippen MR) is 62.9 cm³/mol. The Morgan fingerprint density at radius 1 is 1.39 bits per heavy atom. The highest BCUT2D eigenvalue weighted by molar-refractivity contribution is 7.15. The van der Waals surface area contributed by atoms with Crippen LogP contribution in [0.2, 0.25) is 0 Å². The van der Waals surface area contributed by atoms with Crippen LogP contribution >= 0.6 is 11.3 Å². The summed E-state index contributed by atoms with van der Waals surface area (Å²) >= 11 is 1.26. The zero-order valence-corrected chi connectivity index (χ0v) is 10.2. The van der Waals surface area contributed by atoms with Crippen molar-refractivity contribution < 1.29 is 19.1 Å². The van der Waals surface area contributed by atoms with Crippen molar-refractivity contribution in [3.63, 3.8) is 0 Å². The number of hydrogen-bond acceptors (Lipinski definition) is 6. The van der Waals surface area contributed by atoms with Gasteiger partial charge in [0.2, 0.25) is 10.9 Å². The zero-order chi connectivity index (χ0) is 13.1. The molecule has 0 unspecified atom stereocenters. The molecule has 2 N–H and O–H groups in total. The molecule has 0 saturated carbocycles. The summed E-state index contributed by atoms with van der Waals surface area (Å²) < 4.78 is 4.86. The zero-order valence-electron chi connectivity index (χ0n) is 9.34. The lowest BCUT2D eigenvalue weighted by atomic mass is 10.4. The van der Waals surface area contributed by atoms with Gasteiger partial charge in [-0.2, -0.15) is 0 Å². The van der Waals surface area contributed by atoms with Crippen LogP contribution in [-0.2, 0) is 6.42 Å². The van der Waals surface area contributed by atoms with Crippen molar-refractivity contribution in [3.8, 4) is 0 Å². The van der Waals surface area contributed by atoms with E-state index in [1.54, 1.807) is 0 Å². The quantitative estimate of drug-likeness (QED) is 0.872. The van der Waals surface area contributed by atoms with Gasteiger partial charge in [-0.25, -0.2) is 4.79 Å². The standard InChI is InChI=1S/C10H9N3O4S/c1-2-7-12-13-10(18-7)11-8(14)5-3-4-6(17-5)9(15)16/h3-4H,2H2,1H3,(H,15,16)(H,11,13,14). The highest BCUT2D eigenvalue weighted by atomic mass is 32.1. The highest BCUT2D eigenvalue weighted by Crippen LogP contribution is 2.17. The molecule has 1 amide bonds. The number of anilines is 1. The van der Waals surface area contributed by atoms with E-state index in [-0.39, 0.29) is 11.5 Å². The first-order valence-electron chi connectivity index (χ1n) is 5.07. The minimum Gasteiger partial charge on any atom is -0.475 e. The van der Waals surface area contributed by atoms with Crippen LogP contribution in [0.5, 0.6) is 0 Å². The lowest BCUT2D eigenvalue weighted by Crippen LogP contribution is -2.10. The average Bonchev–Trinajstić information content (AvgIpc) is 2.97. The van der Waals surface area contributed by atoms with Gasteiger partial charge in [0, 0.05) is 0 Å². The fourth-order valence-electron chi connectivity index (χ4n) is 1.18. The minimum absolute atomic E-state index is 0.0827. The molecule has 0 aliphatic rings. The van der Waals surface area contributed by atoms with Gasteiger partial charge in [-0.3, -0.25) is 10.1 Å². The number of carbonyl (C=O) groups is 2. The van der Waals surface area contributed by atoms with E-state index < -0.39 is 11.9 Å². The molecule has 2 aromatic heterocycles. The third-order valence-corrected chi connectivity index (χ3v) is 3.01. The Morgan fingerprint density at radius 3 is 2.67 bits per heavy atom. The molecule has 0 spiro atoms. The Balaban J connectivity index is 2.09. The molecular weight excluding hydrogens is 258 g/mol. The number of carbonyl (C=O) groups excluding carboxylic acids is 1. The Bertz CT molecular complexity index is 589. The van der Waals surface area contributed by atoms with Crippen LogP contribution in [0.3, 0.4) is 0 Å². The van der Waals surface area contributed by atoms with Crippen molar-refractivity contribution in [1.82, 2.24) is 10.2 Å². The number of amides is 1. The molecule has 94 valence electrons. The third-order valence-electron chi connectivity index (χ3n) is 2.03. The maximum atomic E-state index is 11.7. The number of aromatic carboxylic acids is 1. The topological polar surface area (TPSA) is 105 Å². The average molecular weight is 267 g/mol. The first-order chi connectivity index (χ1) is 8.60. The first-order valence-corrected chi connectivity index (χ1v) is 5.88. The van der Waals surface area contributed by atoms with Crippen molar-refractivity contribution in [1.29, 1.82) is 0 Å². The summed E-state index contributed by atoms with van der Waals surface area (Å²) in [6.45, 7) is 1.93. The highest BCUT2D eigenvalue weighted by Gasteiger charge is 2.16. The molecule has 2 aromatic rings. The van der Waals surface area contributed by atoms with Gasteiger partial charge in [0.1, 0.15) is 5.01 Å². The summed E-state index contributed by atoms with van der Waals surface area (Å²) in [7, 11) is 0. The SMILES string of the molecule is CCc1nnc(NC(=O)c2ccc(C(=O)O)o2)s1. The summed E-state index contributed by atoms with van der Waals surface area (Å²) in [5.41, 5.74) is 0. The summed E-state index contributed by atoms with van der Waals surface area (Å²) in [6.07, 6.45) is 0.734. The maximum Gasteiger partial charge on any atom is 0.371 e. The van der Waals surface area contributed by atoms with Gasteiger partial charge in [-0.05, 0) is 18.6 Å². The Hall–Kier alpha value is -2.22. The van der Waals surface area contributed by atoms with Crippen LogP contribution in [0.15, 0.2) is 16.5 Å². The molecular formula is C10H9N3O4S. The lowest BCUT2D eigenvalue weighted by Gasteiger charge is -1.96. The van der Waals surface area contributed by atoms with Gasteiger partial charge in [-0.1, -0.05) is 18.3 Å². The summed E-state index contributed by atoms with van der Waals surface area (Å²) in [6, 6.07) is 2.51. The van der Waals surface area contributed by atoms with Gasteiger partial charge < -0.3 is 9.52 Å². The van der Waals surface area contributed by atoms with E-state index in [2.05, 4.69) is 15.5 Å². The van der Waals surface area contributed by atoms with E-state index in [0.29, 0.717) is 5.13 Å². The van der Waals surface area contributed by atoms with Gasteiger partial charge in [-0.15, -0.1) is 10.2 Å². The van der Waals surface area contributed by atoms with E-state index in [0.717, 1.165) is 11.4 Å². The van der Waals surface area contributed by atoms with Crippen LogP contribution in [0.1, 0.15) is 33.0 Å². The van der Waals surface area contributed by atoms with Gasteiger partial charge in [0.15, 0.2) is 5.76 Å². The van der Waals surface area contributed by atoms with Crippen molar-refractivity contribution >= 4 is 28.3 Å². The summed E-state index contributed by atoms with van der Waals surface area (Å²) in [5, 5.41) is 19.9. The summed E-state index contributed by atoms with van der Waals surface area (Å²) in [4.78, 5) is 22.3. The van der Waals surface area contributed by atoms with Crippen LogP contribution in [0.4, 0.5) is 5.13 Å². The fraction of sp³-hybridized carbons (Fsp3) is 0.200. The Morgan fingerprint density at radius 2 is 2.11 bits per heavy atom. The lowest BCUT2D eigenvalue weighted by molar-refractivity contribution is 0.0660. The number of carboxylic acids is 1. The molecule has 18 heavy (non-hydrogen) atoms. The molecule has 2 rings (SSSR count). The van der Waals surface area contributed by atoms with Crippen LogP contribution in [0, 0.1) is 0 Å². The molecule has 2 heterocycles. The second kappa shape index (κ2) is 4.96. The fourth-order valence-corrected chi connectivity index (χ4v) is 1.86. The van der Waals surface area contributed by atoms with E-state index >= 15 is 0 Å². The number of aromatic nitrogens is 2. The van der Waals surface area contributed by atoms with Crippen molar-refractivity contribution in [3.05, 3.63) is 28.7 Å². The molecule has 0 saturated heterocycles. The minimum atomic E-state index is -1.22. The predicted octanol–water partition coefficient (Wildman–Crippen LogP) is 1.64. The molecule has 0 fully saturated rings. The van der Waals surface area contributed by atoms with Gasteiger partial charge >= 0.3 is 5.97 Å². The second-order valence-electron chi connectivity index (χ2n) is 3.28. The van der Waals surface area contributed by atoms with Crippen LogP contribution in [0.25, 0.3) is 0 Å². The smallest absolute Gasteiger partial charge is 0.371 e. The van der Waals surface area contributed by atoms with Crippen molar-refractivity contribution in [2.45, 2.75) is 13.3 Å². The molecule has 0 aromatic carbocycles.